The predicted octanol–water partition coefficient (Wildman–Crippen LogP) is 8.89. The maximum Gasteiger partial charge on any atom is 0.0433 e. The topological polar surface area (TPSA) is 69.0 Å². The molecule has 4 heteroatoms. The first kappa shape index (κ1) is 27.9. The van der Waals surface area contributed by atoms with Crippen LogP contribution in [0.2, 0.25) is 0 Å². The van der Waals surface area contributed by atoms with E-state index in [9.17, 15) is 5.11 Å². The van der Waals surface area contributed by atoms with E-state index in [0.29, 0.717) is 29.9 Å². The van der Waals surface area contributed by atoms with Crippen molar-refractivity contribution in [3.63, 3.8) is 0 Å². The molecular formula is C30H55N3O. The highest BCUT2D eigenvalue weighted by atomic mass is 16.3. The average molecular weight is 474 g/mol. The van der Waals surface area contributed by atoms with E-state index in [1.807, 2.05) is 0 Å². The van der Waals surface area contributed by atoms with Gasteiger partial charge in [0.1, 0.15) is 0 Å². The van der Waals surface area contributed by atoms with E-state index < -0.39 is 0 Å². The van der Waals surface area contributed by atoms with Gasteiger partial charge in [0.15, 0.2) is 0 Å². The summed E-state index contributed by atoms with van der Waals surface area (Å²) in [6.07, 6.45) is 13.4. The van der Waals surface area contributed by atoms with Gasteiger partial charge in [-0.05, 0) is 121 Å². The number of aliphatic hydroxyl groups is 1. The molecule has 0 aromatic carbocycles. The minimum Gasteiger partial charge on any atom is -0.396 e. The van der Waals surface area contributed by atoms with E-state index >= 15 is 0 Å². The highest BCUT2D eigenvalue weighted by Gasteiger charge is 2.64. The normalized spacial score (nSPS) is 46.1. The SMILES string of the molecule is CCCCN=[N+]=[N-].C[C@@H]1CC[C@@]2(C)[C@@H](C1)C[C@@H](C)[C@@H]1[C@@H]2C[C@H](C)[C@]2(C)[C@@H]([C@H](C)CCO)CC[C@@H]12. The molecule has 4 saturated carbocycles. The van der Waals surface area contributed by atoms with Gasteiger partial charge in [-0.15, -0.1) is 0 Å². The molecule has 0 aromatic heterocycles. The van der Waals surface area contributed by atoms with Crippen molar-refractivity contribution >= 4 is 0 Å². The molecule has 0 radical (unpaired) electrons. The Morgan fingerprint density at radius 1 is 1.06 bits per heavy atom. The van der Waals surface area contributed by atoms with Crippen LogP contribution < -0.4 is 0 Å². The highest BCUT2D eigenvalue weighted by molar-refractivity contribution is 5.12. The Morgan fingerprint density at radius 2 is 1.79 bits per heavy atom. The number of nitrogens with zero attached hydrogens (tertiary/aromatic N) is 3. The Balaban J connectivity index is 0.000000406. The largest absolute Gasteiger partial charge is 0.396 e. The van der Waals surface area contributed by atoms with Crippen LogP contribution in [0.4, 0.5) is 0 Å². The minimum atomic E-state index is 0.368. The molecule has 4 aliphatic rings. The Labute approximate surface area is 210 Å². The zero-order chi connectivity index (χ0) is 25.1. The lowest BCUT2D eigenvalue weighted by Crippen LogP contribution is -2.58. The van der Waals surface area contributed by atoms with Crippen LogP contribution >= 0.6 is 0 Å². The lowest BCUT2D eigenvalue weighted by molar-refractivity contribution is -0.162. The standard InChI is InChI=1S/C26H46O.C4H9N3/c1-16-9-11-25(5)20(13-16)14-18(3)24-22-8-7-21(17(2)10-12-27)26(22,6)19(4)15-23(24)25;1-2-3-4-6-7-5/h16-24,27H,7-15H2,1-6H3;2-4H2,1H3/t16-,17-,18-,19+,20+,21-,22+,23+,24+,25+,26-;/m1./s1. The molecule has 11 atom stereocenters. The molecular weight excluding hydrogens is 418 g/mol. The maximum absolute atomic E-state index is 9.56. The Kier molecular flexibility index (Phi) is 9.46. The van der Waals surface area contributed by atoms with Crippen molar-refractivity contribution < 1.29 is 5.11 Å². The van der Waals surface area contributed by atoms with Crippen LogP contribution in [0.25, 0.3) is 10.4 Å². The van der Waals surface area contributed by atoms with E-state index in [2.05, 4.69) is 58.5 Å². The van der Waals surface area contributed by atoms with Crippen LogP contribution in [0.1, 0.15) is 113 Å². The third kappa shape index (κ3) is 5.06. The van der Waals surface area contributed by atoms with Gasteiger partial charge in [0, 0.05) is 18.1 Å². The van der Waals surface area contributed by atoms with Crippen molar-refractivity contribution in [1.82, 2.24) is 0 Å². The molecule has 34 heavy (non-hydrogen) atoms. The summed E-state index contributed by atoms with van der Waals surface area (Å²) in [6, 6.07) is 0. The summed E-state index contributed by atoms with van der Waals surface area (Å²) in [5.74, 6) is 8.08. The molecule has 0 amide bonds. The van der Waals surface area contributed by atoms with Gasteiger partial charge in [-0.25, -0.2) is 0 Å². The number of unbranched alkanes of at least 4 members (excludes halogenated alkanes) is 1. The van der Waals surface area contributed by atoms with E-state index in [0.717, 1.165) is 66.6 Å². The van der Waals surface area contributed by atoms with Crippen LogP contribution in [0, 0.1) is 64.1 Å². The molecule has 1 N–H and O–H groups in total. The monoisotopic (exact) mass is 473 g/mol. The molecule has 0 saturated heterocycles. The van der Waals surface area contributed by atoms with Crippen LogP contribution in [0.5, 0.6) is 0 Å². The van der Waals surface area contributed by atoms with Crippen LogP contribution in [-0.2, 0) is 0 Å². The predicted molar refractivity (Wildman–Crippen MR) is 143 cm³/mol. The Bertz CT molecular complexity index is 705. The first-order valence-electron chi connectivity index (χ1n) is 14.8. The van der Waals surface area contributed by atoms with Crippen molar-refractivity contribution in [3.05, 3.63) is 10.4 Å². The fourth-order valence-electron chi connectivity index (χ4n) is 9.84. The van der Waals surface area contributed by atoms with Crippen LogP contribution in [0.15, 0.2) is 5.11 Å². The molecule has 0 aromatic rings. The molecule has 4 fully saturated rings. The fourth-order valence-corrected chi connectivity index (χ4v) is 9.84. The second-order valence-electron chi connectivity index (χ2n) is 13.6. The lowest BCUT2D eigenvalue weighted by Gasteiger charge is -2.65. The third-order valence-corrected chi connectivity index (χ3v) is 11.9. The van der Waals surface area contributed by atoms with Gasteiger partial charge in [0.2, 0.25) is 0 Å². The van der Waals surface area contributed by atoms with Crippen molar-refractivity contribution in [1.29, 1.82) is 0 Å². The van der Waals surface area contributed by atoms with Crippen molar-refractivity contribution in [2.75, 3.05) is 13.2 Å². The molecule has 4 nitrogen and oxygen atoms in total. The van der Waals surface area contributed by atoms with Gasteiger partial charge in [0.25, 0.3) is 0 Å². The number of hydrogen-bond donors (Lipinski definition) is 1. The van der Waals surface area contributed by atoms with Crippen molar-refractivity contribution in [2.24, 2.45) is 69.2 Å². The van der Waals surface area contributed by atoms with Gasteiger partial charge in [-0.2, -0.15) is 0 Å². The van der Waals surface area contributed by atoms with Crippen molar-refractivity contribution in [2.45, 2.75) is 113 Å². The average Bonchev–Trinajstić information content (AvgIpc) is 3.15. The summed E-state index contributed by atoms with van der Waals surface area (Å²) in [4.78, 5) is 2.60. The first-order chi connectivity index (χ1) is 16.1. The third-order valence-electron chi connectivity index (χ3n) is 11.9. The Morgan fingerprint density at radius 3 is 2.44 bits per heavy atom. The van der Waals surface area contributed by atoms with Crippen LogP contribution in [0.3, 0.4) is 0 Å². The maximum atomic E-state index is 9.56. The van der Waals surface area contributed by atoms with Gasteiger partial charge < -0.3 is 5.11 Å². The number of aliphatic hydroxyl groups excluding tert-OH is 1. The first-order valence-corrected chi connectivity index (χ1v) is 14.8. The molecule has 0 spiro atoms. The van der Waals surface area contributed by atoms with Crippen molar-refractivity contribution in [3.8, 4) is 0 Å². The summed E-state index contributed by atoms with van der Waals surface area (Å²) >= 11 is 0. The molecule has 0 unspecified atom stereocenters. The lowest BCUT2D eigenvalue weighted by atomic mass is 9.40. The second-order valence-corrected chi connectivity index (χ2v) is 13.6. The molecule has 4 aliphatic carbocycles. The zero-order valence-electron chi connectivity index (χ0n) is 23.5. The summed E-state index contributed by atoms with van der Waals surface area (Å²) in [6.45, 7) is 18.6. The molecule has 196 valence electrons. The van der Waals surface area contributed by atoms with Crippen LogP contribution in [-0.4, -0.2) is 18.3 Å². The van der Waals surface area contributed by atoms with Gasteiger partial charge in [0.05, 0.1) is 0 Å². The molecule has 4 rings (SSSR count). The summed E-state index contributed by atoms with van der Waals surface area (Å²) < 4.78 is 0. The van der Waals surface area contributed by atoms with E-state index in [-0.39, 0.29) is 0 Å². The van der Waals surface area contributed by atoms with E-state index in [1.54, 1.807) is 0 Å². The second kappa shape index (κ2) is 11.5. The molecule has 0 bridgehead atoms. The Hall–Kier alpha value is -0.730. The quantitative estimate of drug-likeness (QED) is 0.178. The molecule has 0 heterocycles. The van der Waals surface area contributed by atoms with E-state index in [4.69, 9.17) is 5.53 Å². The number of rotatable bonds is 6. The number of azide groups is 1. The highest BCUT2D eigenvalue weighted by Crippen LogP contribution is 2.71. The summed E-state index contributed by atoms with van der Waals surface area (Å²) in [7, 11) is 0. The smallest absolute Gasteiger partial charge is 0.0433 e. The molecule has 0 aliphatic heterocycles. The zero-order valence-corrected chi connectivity index (χ0v) is 23.5. The minimum absolute atomic E-state index is 0.368. The number of hydrogen-bond acceptors (Lipinski definition) is 2. The van der Waals surface area contributed by atoms with Gasteiger partial charge in [-0.1, -0.05) is 66.4 Å². The summed E-state index contributed by atoms with van der Waals surface area (Å²) in [5.41, 5.74) is 8.88. The van der Waals surface area contributed by atoms with Gasteiger partial charge in [-0.3, -0.25) is 0 Å². The summed E-state index contributed by atoms with van der Waals surface area (Å²) in [5, 5.41) is 12.9. The number of fused-ring (bicyclic) bond motifs is 5. The fraction of sp³-hybridized carbons (Fsp3) is 1.00. The van der Waals surface area contributed by atoms with Gasteiger partial charge >= 0.3 is 0 Å². The van der Waals surface area contributed by atoms with E-state index in [1.165, 1.54) is 44.9 Å².